The molecule has 1 N–H and O–H groups in total. The van der Waals surface area contributed by atoms with Crippen molar-refractivity contribution in [2.75, 3.05) is 21.2 Å². The summed E-state index contributed by atoms with van der Waals surface area (Å²) in [5.41, 5.74) is 2.38. The van der Waals surface area contributed by atoms with Gasteiger partial charge >= 0.3 is 0 Å². The van der Waals surface area contributed by atoms with Crippen LogP contribution < -0.4 is 10.1 Å². The van der Waals surface area contributed by atoms with Gasteiger partial charge in [-0.15, -0.1) is 0 Å². The van der Waals surface area contributed by atoms with Gasteiger partial charge in [-0.1, -0.05) is 54.6 Å². The van der Waals surface area contributed by atoms with Crippen LogP contribution in [0.2, 0.25) is 0 Å². The summed E-state index contributed by atoms with van der Waals surface area (Å²) in [6.07, 6.45) is 4.19. The Kier molecular flexibility index (Phi) is 7.06. The third-order valence-electron chi connectivity index (χ3n) is 2.38. The fourth-order valence-electron chi connectivity index (χ4n) is 1.47. The van der Waals surface area contributed by atoms with E-state index in [2.05, 4.69) is 29.6 Å². The number of benzene rings is 2. The summed E-state index contributed by atoms with van der Waals surface area (Å²) in [7, 11) is 5.43. The molecular formula is C17H21NO. The molecule has 0 aliphatic carbocycles. The van der Waals surface area contributed by atoms with Crippen molar-refractivity contribution in [3.05, 3.63) is 65.7 Å². The molecule has 2 heteroatoms. The Balaban J connectivity index is 0.000000550. The lowest BCUT2D eigenvalue weighted by atomic mass is 10.1. The molecule has 0 bridgehead atoms. The molecule has 19 heavy (non-hydrogen) atoms. The fourth-order valence-corrected chi connectivity index (χ4v) is 1.47. The largest absolute Gasteiger partial charge is 0.497 e. The monoisotopic (exact) mass is 255 g/mol. The Morgan fingerprint density at radius 1 is 0.789 bits per heavy atom. The average molecular weight is 255 g/mol. The molecule has 0 heterocycles. The van der Waals surface area contributed by atoms with E-state index < -0.39 is 0 Å². The number of methoxy groups -OCH3 is 1. The van der Waals surface area contributed by atoms with Crippen LogP contribution in [0.25, 0.3) is 12.2 Å². The third-order valence-corrected chi connectivity index (χ3v) is 2.38. The topological polar surface area (TPSA) is 21.3 Å². The number of nitrogens with one attached hydrogen (secondary N) is 1. The third kappa shape index (κ3) is 5.89. The Labute approximate surface area is 115 Å². The zero-order valence-electron chi connectivity index (χ0n) is 11.8. The van der Waals surface area contributed by atoms with Crippen molar-refractivity contribution >= 4 is 12.2 Å². The molecule has 0 aliphatic heterocycles. The molecule has 0 amide bonds. The maximum absolute atomic E-state index is 5.11. The van der Waals surface area contributed by atoms with Crippen LogP contribution in [0.4, 0.5) is 0 Å². The van der Waals surface area contributed by atoms with Gasteiger partial charge in [0, 0.05) is 0 Å². The molecule has 0 atom stereocenters. The number of hydrogen-bond acceptors (Lipinski definition) is 2. The second-order valence-electron chi connectivity index (χ2n) is 4.02. The second-order valence-corrected chi connectivity index (χ2v) is 4.02. The summed E-state index contributed by atoms with van der Waals surface area (Å²) in [5, 5.41) is 2.75. The zero-order valence-corrected chi connectivity index (χ0v) is 11.8. The molecule has 0 radical (unpaired) electrons. The first-order valence-electron chi connectivity index (χ1n) is 6.26. The first kappa shape index (κ1) is 15.0. The van der Waals surface area contributed by atoms with Crippen molar-refractivity contribution in [3.63, 3.8) is 0 Å². The van der Waals surface area contributed by atoms with Crippen molar-refractivity contribution < 1.29 is 4.74 Å². The summed E-state index contributed by atoms with van der Waals surface area (Å²) in [6, 6.07) is 18.3. The number of hydrogen-bond donors (Lipinski definition) is 1. The lowest BCUT2D eigenvalue weighted by Gasteiger charge is -1.99. The van der Waals surface area contributed by atoms with Crippen LogP contribution in [0.3, 0.4) is 0 Å². The number of ether oxygens (including phenoxy) is 1. The van der Waals surface area contributed by atoms with E-state index in [1.54, 1.807) is 7.11 Å². The fraction of sp³-hybridized carbons (Fsp3) is 0.176. The first-order valence-corrected chi connectivity index (χ1v) is 6.26. The minimum atomic E-state index is 0.886. The van der Waals surface area contributed by atoms with Crippen LogP contribution in [0.1, 0.15) is 11.1 Å². The molecule has 2 rings (SSSR count). The molecule has 0 saturated carbocycles. The Morgan fingerprint density at radius 2 is 1.26 bits per heavy atom. The van der Waals surface area contributed by atoms with Crippen LogP contribution in [0.5, 0.6) is 5.75 Å². The number of rotatable bonds is 3. The Hall–Kier alpha value is -2.06. The highest BCUT2D eigenvalue weighted by molar-refractivity contribution is 5.69. The molecule has 0 aliphatic rings. The highest BCUT2D eigenvalue weighted by atomic mass is 16.5. The van der Waals surface area contributed by atoms with E-state index in [1.807, 2.05) is 56.6 Å². The zero-order chi connectivity index (χ0) is 13.9. The smallest absolute Gasteiger partial charge is 0.118 e. The molecule has 0 aromatic heterocycles. The highest BCUT2D eigenvalue weighted by Gasteiger charge is 1.90. The van der Waals surface area contributed by atoms with Crippen LogP contribution in [-0.2, 0) is 0 Å². The summed E-state index contributed by atoms with van der Waals surface area (Å²) in [4.78, 5) is 0. The van der Waals surface area contributed by atoms with Crippen LogP contribution >= 0.6 is 0 Å². The quantitative estimate of drug-likeness (QED) is 0.844. The van der Waals surface area contributed by atoms with Gasteiger partial charge in [0.2, 0.25) is 0 Å². The van der Waals surface area contributed by atoms with Crippen molar-refractivity contribution in [1.29, 1.82) is 0 Å². The van der Waals surface area contributed by atoms with Crippen molar-refractivity contribution in [1.82, 2.24) is 5.32 Å². The van der Waals surface area contributed by atoms with Crippen molar-refractivity contribution in [2.24, 2.45) is 0 Å². The standard InChI is InChI=1S/C15H14O.C2H7N/c1-16-15-11-9-14(10-12-15)8-7-13-5-3-2-4-6-13;1-3-2/h2-12H,1H3;3H,1-2H3. The van der Waals surface area contributed by atoms with Crippen LogP contribution in [-0.4, -0.2) is 21.2 Å². The maximum Gasteiger partial charge on any atom is 0.118 e. The van der Waals surface area contributed by atoms with Gasteiger partial charge in [0.25, 0.3) is 0 Å². The lowest BCUT2D eigenvalue weighted by Crippen LogP contribution is -1.89. The van der Waals surface area contributed by atoms with Gasteiger partial charge < -0.3 is 10.1 Å². The highest BCUT2D eigenvalue weighted by Crippen LogP contribution is 2.13. The van der Waals surface area contributed by atoms with Gasteiger partial charge in [0.05, 0.1) is 7.11 Å². The summed E-state index contributed by atoms with van der Waals surface area (Å²) in [5.74, 6) is 0.886. The van der Waals surface area contributed by atoms with Gasteiger partial charge in [-0.05, 0) is 37.4 Å². The van der Waals surface area contributed by atoms with E-state index in [4.69, 9.17) is 4.74 Å². The van der Waals surface area contributed by atoms with Crippen molar-refractivity contribution in [3.8, 4) is 5.75 Å². The Morgan fingerprint density at radius 3 is 1.74 bits per heavy atom. The molecule has 100 valence electrons. The van der Waals surface area contributed by atoms with E-state index >= 15 is 0 Å². The summed E-state index contributed by atoms with van der Waals surface area (Å²) < 4.78 is 5.11. The molecule has 0 saturated heterocycles. The van der Waals surface area contributed by atoms with Gasteiger partial charge in [-0.2, -0.15) is 0 Å². The molecule has 0 unspecified atom stereocenters. The minimum Gasteiger partial charge on any atom is -0.497 e. The first-order chi connectivity index (χ1) is 9.30. The van der Waals surface area contributed by atoms with Gasteiger partial charge in [-0.3, -0.25) is 0 Å². The van der Waals surface area contributed by atoms with Crippen LogP contribution in [0.15, 0.2) is 54.6 Å². The van der Waals surface area contributed by atoms with E-state index in [0.29, 0.717) is 0 Å². The van der Waals surface area contributed by atoms with Crippen LogP contribution in [0, 0.1) is 0 Å². The predicted octanol–water partition coefficient (Wildman–Crippen LogP) is 3.70. The van der Waals surface area contributed by atoms with Crippen molar-refractivity contribution in [2.45, 2.75) is 0 Å². The molecule has 0 fully saturated rings. The Bertz CT molecular complexity index is 474. The second kappa shape index (κ2) is 8.95. The SMILES string of the molecule is CNC.COc1ccc(C=Cc2ccccc2)cc1. The van der Waals surface area contributed by atoms with E-state index in [0.717, 1.165) is 5.75 Å². The molecular weight excluding hydrogens is 234 g/mol. The predicted molar refractivity (Wildman–Crippen MR) is 83.3 cm³/mol. The lowest BCUT2D eigenvalue weighted by molar-refractivity contribution is 0.415. The summed E-state index contributed by atoms with van der Waals surface area (Å²) in [6.45, 7) is 0. The minimum absolute atomic E-state index is 0.886. The molecule has 2 aromatic rings. The molecule has 2 nitrogen and oxygen atoms in total. The van der Waals surface area contributed by atoms with E-state index in [9.17, 15) is 0 Å². The summed E-state index contributed by atoms with van der Waals surface area (Å²) >= 11 is 0. The van der Waals surface area contributed by atoms with Gasteiger partial charge in [0.15, 0.2) is 0 Å². The van der Waals surface area contributed by atoms with Gasteiger partial charge in [0.1, 0.15) is 5.75 Å². The average Bonchev–Trinajstić information content (AvgIpc) is 2.47. The van der Waals surface area contributed by atoms with E-state index in [-0.39, 0.29) is 0 Å². The maximum atomic E-state index is 5.11. The molecule has 2 aromatic carbocycles. The molecule has 0 spiro atoms. The normalized spacial score (nSPS) is 9.84. The van der Waals surface area contributed by atoms with E-state index in [1.165, 1.54) is 11.1 Å². The van der Waals surface area contributed by atoms with Gasteiger partial charge in [-0.25, -0.2) is 0 Å².